The van der Waals surface area contributed by atoms with Crippen LogP contribution in [-0.2, 0) is 6.18 Å². The Morgan fingerprint density at radius 1 is 1.19 bits per heavy atom. The van der Waals surface area contributed by atoms with Gasteiger partial charge in [0, 0.05) is 35.2 Å². The zero-order valence-corrected chi connectivity index (χ0v) is 11.6. The van der Waals surface area contributed by atoms with E-state index in [9.17, 15) is 18.0 Å². The van der Waals surface area contributed by atoms with Gasteiger partial charge in [0.25, 0.3) is 0 Å². The fraction of sp³-hybridized carbons (Fsp3) is 0.267. The molecular weight excluding hydrogens is 281 g/mol. The highest BCUT2D eigenvalue weighted by Gasteiger charge is 2.30. The summed E-state index contributed by atoms with van der Waals surface area (Å²) in [4.78, 5) is 11.8. The van der Waals surface area contributed by atoms with E-state index in [0.717, 1.165) is 12.1 Å². The third-order valence-corrected chi connectivity index (χ3v) is 3.24. The lowest BCUT2D eigenvalue weighted by atomic mass is 10.1. The monoisotopic (exact) mass is 296 g/mol. The quantitative estimate of drug-likeness (QED) is 0.925. The molecule has 0 aliphatic carbocycles. The number of nitrogens with zero attached hydrogens (tertiary/aromatic N) is 1. The number of rotatable bonds is 2. The molecule has 0 saturated heterocycles. The lowest BCUT2D eigenvalue weighted by Gasteiger charge is -2.15. The highest BCUT2D eigenvalue weighted by atomic mass is 19.4. The van der Waals surface area contributed by atoms with E-state index in [4.69, 9.17) is 5.73 Å². The van der Waals surface area contributed by atoms with Gasteiger partial charge in [-0.3, -0.25) is 4.79 Å². The van der Waals surface area contributed by atoms with Crippen molar-refractivity contribution < 1.29 is 13.2 Å². The van der Waals surface area contributed by atoms with Crippen LogP contribution in [0.15, 0.2) is 41.3 Å². The molecule has 0 aliphatic heterocycles. The zero-order valence-electron chi connectivity index (χ0n) is 11.6. The number of hydrogen-bond donors (Lipinski definition) is 1. The maximum absolute atomic E-state index is 12.6. The summed E-state index contributed by atoms with van der Waals surface area (Å²) in [5.41, 5.74) is 6.43. The van der Waals surface area contributed by atoms with Gasteiger partial charge in [-0.25, -0.2) is 0 Å². The van der Waals surface area contributed by atoms with Crippen molar-refractivity contribution in [2.75, 3.05) is 0 Å². The fourth-order valence-corrected chi connectivity index (χ4v) is 2.08. The van der Waals surface area contributed by atoms with Gasteiger partial charge < -0.3 is 10.3 Å². The summed E-state index contributed by atoms with van der Waals surface area (Å²) < 4.78 is 39.3. The number of benzene rings is 1. The Kier molecular flexibility index (Phi) is 3.91. The minimum absolute atomic E-state index is 0.175. The van der Waals surface area contributed by atoms with Crippen molar-refractivity contribution in [3.63, 3.8) is 0 Å². The number of aryl methyl sites for hydroxylation is 1. The van der Waals surface area contributed by atoms with Crippen LogP contribution in [0.1, 0.15) is 29.8 Å². The van der Waals surface area contributed by atoms with Crippen LogP contribution < -0.4 is 11.2 Å². The first-order chi connectivity index (χ1) is 9.70. The highest BCUT2D eigenvalue weighted by molar-refractivity contribution is 5.38. The number of pyridine rings is 1. The van der Waals surface area contributed by atoms with Gasteiger partial charge >= 0.3 is 6.18 Å². The van der Waals surface area contributed by atoms with Gasteiger partial charge in [-0.2, -0.15) is 13.2 Å². The van der Waals surface area contributed by atoms with Crippen LogP contribution in [0.4, 0.5) is 13.2 Å². The van der Waals surface area contributed by atoms with Crippen molar-refractivity contribution in [3.8, 4) is 5.69 Å². The predicted molar refractivity (Wildman–Crippen MR) is 74.4 cm³/mol. The highest BCUT2D eigenvalue weighted by Crippen LogP contribution is 2.29. The topological polar surface area (TPSA) is 48.0 Å². The van der Waals surface area contributed by atoms with Crippen molar-refractivity contribution in [2.24, 2.45) is 5.73 Å². The molecule has 21 heavy (non-hydrogen) atoms. The van der Waals surface area contributed by atoms with Crippen molar-refractivity contribution >= 4 is 0 Å². The van der Waals surface area contributed by atoms with Gasteiger partial charge in [0.15, 0.2) is 5.43 Å². The number of aromatic nitrogens is 1. The Balaban J connectivity index is 2.52. The maximum Gasteiger partial charge on any atom is 0.416 e. The standard InChI is InChI=1S/C15H15F3N2O/c1-9-7-14(21)13(10(2)19)8-20(9)12-5-3-11(4-6-12)15(16,17)18/h3-8,10H,19H2,1-2H3. The summed E-state index contributed by atoms with van der Waals surface area (Å²) in [6, 6.07) is 5.74. The number of nitrogens with two attached hydrogens (primary N) is 1. The normalized spacial score (nSPS) is 13.2. The van der Waals surface area contributed by atoms with Crippen molar-refractivity contribution in [1.82, 2.24) is 4.57 Å². The third-order valence-electron chi connectivity index (χ3n) is 3.24. The molecule has 0 spiro atoms. The average molecular weight is 296 g/mol. The van der Waals surface area contributed by atoms with Crippen molar-refractivity contribution in [1.29, 1.82) is 0 Å². The second-order valence-corrected chi connectivity index (χ2v) is 4.94. The first kappa shape index (κ1) is 15.3. The third kappa shape index (κ3) is 3.16. The van der Waals surface area contributed by atoms with Gasteiger partial charge in [0.2, 0.25) is 0 Å². The Labute approximate surface area is 119 Å². The molecule has 0 fully saturated rings. The predicted octanol–water partition coefficient (Wildman–Crippen LogP) is 3.18. The molecular formula is C15H15F3N2O. The average Bonchev–Trinajstić information content (AvgIpc) is 2.37. The minimum atomic E-state index is -4.37. The van der Waals surface area contributed by atoms with Crippen LogP contribution in [0.2, 0.25) is 0 Å². The Morgan fingerprint density at radius 3 is 2.24 bits per heavy atom. The molecule has 3 nitrogen and oxygen atoms in total. The molecule has 1 aromatic carbocycles. The van der Waals surface area contributed by atoms with Gasteiger partial charge in [-0.05, 0) is 38.1 Å². The van der Waals surface area contributed by atoms with Crippen LogP contribution in [-0.4, -0.2) is 4.57 Å². The number of halogens is 3. The van der Waals surface area contributed by atoms with Crippen LogP contribution in [0.3, 0.4) is 0 Å². The van der Waals surface area contributed by atoms with E-state index in [1.807, 2.05) is 0 Å². The summed E-state index contributed by atoms with van der Waals surface area (Å²) >= 11 is 0. The molecule has 112 valence electrons. The van der Waals surface area contributed by atoms with Gasteiger partial charge in [-0.15, -0.1) is 0 Å². The van der Waals surface area contributed by atoms with E-state index >= 15 is 0 Å². The van der Waals surface area contributed by atoms with Gasteiger partial charge in [0.05, 0.1) is 5.56 Å². The van der Waals surface area contributed by atoms with E-state index in [2.05, 4.69) is 0 Å². The van der Waals surface area contributed by atoms with E-state index in [0.29, 0.717) is 16.9 Å². The molecule has 0 radical (unpaired) electrons. The van der Waals surface area contributed by atoms with Crippen LogP contribution in [0.25, 0.3) is 5.69 Å². The Morgan fingerprint density at radius 2 is 1.76 bits per heavy atom. The number of alkyl halides is 3. The molecule has 2 rings (SSSR count). The summed E-state index contributed by atoms with van der Waals surface area (Å²) in [6.45, 7) is 3.40. The minimum Gasteiger partial charge on any atom is -0.324 e. The van der Waals surface area contributed by atoms with E-state index in [1.165, 1.54) is 18.2 Å². The molecule has 1 aromatic heterocycles. The van der Waals surface area contributed by atoms with Gasteiger partial charge in [-0.1, -0.05) is 0 Å². The largest absolute Gasteiger partial charge is 0.416 e. The van der Waals surface area contributed by atoms with Crippen LogP contribution >= 0.6 is 0 Å². The van der Waals surface area contributed by atoms with Crippen LogP contribution in [0.5, 0.6) is 0 Å². The van der Waals surface area contributed by atoms with Crippen LogP contribution in [0, 0.1) is 6.92 Å². The molecule has 0 bridgehead atoms. The molecule has 0 aliphatic rings. The second-order valence-electron chi connectivity index (χ2n) is 4.94. The van der Waals surface area contributed by atoms with Crippen molar-refractivity contribution in [2.45, 2.75) is 26.1 Å². The molecule has 1 unspecified atom stereocenters. The fourth-order valence-electron chi connectivity index (χ4n) is 2.08. The van der Waals surface area contributed by atoms with E-state index < -0.39 is 17.8 Å². The van der Waals surface area contributed by atoms with Gasteiger partial charge in [0.1, 0.15) is 0 Å². The molecule has 0 amide bonds. The van der Waals surface area contributed by atoms with E-state index in [-0.39, 0.29) is 5.43 Å². The second kappa shape index (κ2) is 5.37. The number of hydrogen-bond acceptors (Lipinski definition) is 2. The summed E-state index contributed by atoms with van der Waals surface area (Å²) in [6.07, 6.45) is -2.79. The lowest BCUT2D eigenvalue weighted by Crippen LogP contribution is -2.20. The smallest absolute Gasteiger partial charge is 0.324 e. The molecule has 2 N–H and O–H groups in total. The molecule has 1 atom stereocenters. The molecule has 0 saturated carbocycles. The first-order valence-electron chi connectivity index (χ1n) is 6.36. The molecule has 6 heteroatoms. The Bertz CT molecular complexity index is 700. The summed E-state index contributed by atoms with van der Waals surface area (Å²) in [7, 11) is 0. The summed E-state index contributed by atoms with van der Waals surface area (Å²) in [5, 5.41) is 0. The first-order valence-corrected chi connectivity index (χ1v) is 6.36. The Hall–Kier alpha value is -2.08. The lowest BCUT2D eigenvalue weighted by molar-refractivity contribution is -0.137. The van der Waals surface area contributed by atoms with E-state index in [1.54, 1.807) is 24.6 Å². The van der Waals surface area contributed by atoms with Crippen molar-refractivity contribution in [3.05, 3.63) is 63.6 Å². The maximum atomic E-state index is 12.6. The molecule has 1 heterocycles. The zero-order chi connectivity index (χ0) is 15.8. The SMILES string of the molecule is Cc1cc(=O)c(C(C)N)cn1-c1ccc(C(F)(F)F)cc1. The molecule has 2 aromatic rings. The summed E-state index contributed by atoms with van der Waals surface area (Å²) in [5.74, 6) is 0.